The molecule has 1 saturated carbocycles. The second-order valence-corrected chi connectivity index (χ2v) is 5.71. The highest BCUT2D eigenvalue weighted by molar-refractivity contribution is 9.10. The number of anilines is 1. The van der Waals surface area contributed by atoms with E-state index in [0.717, 1.165) is 12.6 Å². The minimum atomic E-state index is 0.541. The zero-order valence-electron chi connectivity index (χ0n) is 9.30. The van der Waals surface area contributed by atoms with Crippen LogP contribution in [-0.4, -0.2) is 12.6 Å². The zero-order chi connectivity index (χ0) is 11.0. The van der Waals surface area contributed by atoms with Crippen molar-refractivity contribution in [2.24, 2.45) is 0 Å². The largest absolute Gasteiger partial charge is 0.385 e. The minimum absolute atomic E-state index is 0.541. The third-order valence-electron chi connectivity index (χ3n) is 3.68. The SMILES string of the molecule is Brc1ccc2c(c1)C(NC1CCC1)CCN2. The first kappa shape index (κ1) is 10.6. The van der Waals surface area contributed by atoms with E-state index in [4.69, 9.17) is 0 Å². The molecule has 1 aliphatic carbocycles. The van der Waals surface area contributed by atoms with Gasteiger partial charge in [0.05, 0.1) is 0 Å². The monoisotopic (exact) mass is 280 g/mol. The Bertz CT molecular complexity index is 388. The van der Waals surface area contributed by atoms with Gasteiger partial charge >= 0.3 is 0 Å². The molecule has 0 spiro atoms. The van der Waals surface area contributed by atoms with E-state index in [1.165, 1.54) is 41.4 Å². The van der Waals surface area contributed by atoms with Crippen LogP contribution < -0.4 is 10.6 Å². The van der Waals surface area contributed by atoms with Gasteiger partial charge in [0, 0.05) is 28.8 Å². The molecule has 1 atom stereocenters. The number of halogens is 1. The molecule has 0 aromatic heterocycles. The molecule has 0 amide bonds. The smallest absolute Gasteiger partial charge is 0.0389 e. The molecule has 1 aromatic rings. The average Bonchev–Trinajstić information content (AvgIpc) is 2.23. The second-order valence-electron chi connectivity index (χ2n) is 4.79. The summed E-state index contributed by atoms with van der Waals surface area (Å²) in [5.74, 6) is 0. The van der Waals surface area contributed by atoms with Crippen molar-refractivity contribution in [2.45, 2.75) is 37.8 Å². The van der Waals surface area contributed by atoms with Crippen molar-refractivity contribution < 1.29 is 0 Å². The fourth-order valence-electron chi connectivity index (χ4n) is 2.52. The van der Waals surface area contributed by atoms with E-state index in [9.17, 15) is 0 Å². The summed E-state index contributed by atoms with van der Waals surface area (Å²) in [5.41, 5.74) is 2.72. The van der Waals surface area contributed by atoms with Crippen molar-refractivity contribution in [3.63, 3.8) is 0 Å². The van der Waals surface area contributed by atoms with E-state index >= 15 is 0 Å². The molecule has 1 aromatic carbocycles. The van der Waals surface area contributed by atoms with E-state index in [1.807, 2.05) is 0 Å². The highest BCUT2D eigenvalue weighted by atomic mass is 79.9. The lowest BCUT2D eigenvalue weighted by Gasteiger charge is -2.35. The summed E-state index contributed by atoms with van der Waals surface area (Å²) in [7, 11) is 0. The predicted octanol–water partition coefficient (Wildman–Crippen LogP) is 3.45. The number of fused-ring (bicyclic) bond motifs is 1. The van der Waals surface area contributed by atoms with Crippen molar-refractivity contribution in [1.29, 1.82) is 0 Å². The Balaban J connectivity index is 1.83. The molecular weight excluding hydrogens is 264 g/mol. The summed E-state index contributed by atoms with van der Waals surface area (Å²) >= 11 is 3.56. The van der Waals surface area contributed by atoms with E-state index in [0.29, 0.717) is 6.04 Å². The Morgan fingerprint density at radius 2 is 2.12 bits per heavy atom. The van der Waals surface area contributed by atoms with Crippen LogP contribution in [0.25, 0.3) is 0 Å². The van der Waals surface area contributed by atoms with Crippen LogP contribution in [0.5, 0.6) is 0 Å². The Labute approximate surface area is 105 Å². The van der Waals surface area contributed by atoms with Gasteiger partial charge in [0.25, 0.3) is 0 Å². The zero-order valence-corrected chi connectivity index (χ0v) is 10.9. The van der Waals surface area contributed by atoms with Gasteiger partial charge < -0.3 is 10.6 Å². The molecule has 3 heteroatoms. The van der Waals surface area contributed by atoms with Gasteiger partial charge in [0.2, 0.25) is 0 Å². The summed E-state index contributed by atoms with van der Waals surface area (Å²) < 4.78 is 1.18. The van der Waals surface area contributed by atoms with Crippen LogP contribution in [0.4, 0.5) is 5.69 Å². The topological polar surface area (TPSA) is 24.1 Å². The summed E-state index contributed by atoms with van der Waals surface area (Å²) in [6, 6.07) is 7.83. The lowest BCUT2D eigenvalue weighted by molar-refractivity contribution is 0.298. The summed E-state index contributed by atoms with van der Waals surface area (Å²) in [6.07, 6.45) is 5.30. The molecule has 2 N–H and O–H groups in total. The fourth-order valence-corrected chi connectivity index (χ4v) is 2.90. The van der Waals surface area contributed by atoms with Crippen LogP contribution in [0, 0.1) is 0 Å². The molecule has 16 heavy (non-hydrogen) atoms. The van der Waals surface area contributed by atoms with E-state index in [-0.39, 0.29) is 0 Å². The Morgan fingerprint density at radius 3 is 2.88 bits per heavy atom. The van der Waals surface area contributed by atoms with E-state index in [2.05, 4.69) is 44.8 Å². The summed E-state index contributed by atoms with van der Waals surface area (Å²) in [4.78, 5) is 0. The fraction of sp³-hybridized carbons (Fsp3) is 0.538. The third-order valence-corrected chi connectivity index (χ3v) is 4.17. The predicted molar refractivity (Wildman–Crippen MR) is 70.8 cm³/mol. The van der Waals surface area contributed by atoms with Crippen molar-refractivity contribution in [3.05, 3.63) is 28.2 Å². The molecule has 1 unspecified atom stereocenters. The summed E-state index contributed by atoms with van der Waals surface area (Å²) in [5, 5.41) is 7.25. The Hall–Kier alpha value is -0.540. The number of nitrogens with one attached hydrogen (secondary N) is 2. The lowest BCUT2D eigenvalue weighted by atomic mass is 9.89. The van der Waals surface area contributed by atoms with Crippen LogP contribution in [0.15, 0.2) is 22.7 Å². The highest BCUT2D eigenvalue weighted by Crippen LogP contribution is 2.34. The average molecular weight is 281 g/mol. The summed E-state index contributed by atoms with van der Waals surface area (Å²) in [6.45, 7) is 1.08. The van der Waals surface area contributed by atoms with Gasteiger partial charge in [0.1, 0.15) is 0 Å². The molecule has 0 saturated heterocycles. The highest BCUT2D eigenvalue weighted by Gasteiger charge is 2.25. The quantitative estimate of drug-likeness (QED) is 0.867. The number of rotatable bonds is 2. The van der Waals surface area contributed by atoms with Crippen molar-refractivity contribution >= 4 is 21.6 Å². The Morgan fingerprint density at radius 1 is 1.25 bits per heavy atom. The molecule has 1 fully saturated rings. The van der Waals surface area contributed by atoms with Gasteiger partial charge in [-0.3, -0.25) is 0 Å². The number of hydrogen-bond donors (Lipinski definition) is 2. The number of benzene rings is 1. The maximum Gasteiger partial charge on any atom is 0.0389 e. The van der Waals surface area contributed by atoms with Gasteiger partial charge in [-0.2, -0.15) is 0 Å². The molecule has 1 heterocycles. The molecule has 2 nitrogen and oxygen atoms in total. The molecule has 86 valence electrons. The van der Waals surface area contributed by atoms with Gasteiger partial charge in [-0.15, -0.1) is 0 Å². The van der Waals surface area contributed by atoms with Crippen LogP contribution >= 0.6 is 15.9 Å². The second kappa shape index (κ2) is 4.38. The maximum atomic E-state index is 3.78. The van der Waals surface area contributed by atoms with Gasteiger partial charge in [-0.05, 0) is 43.0 Å². The maximum absolute atomic E-state index is 3.78. The van der Waals surface area contributed by atoms with Gasteiger partial charge in [-0.1, -0.05) is 22.4 Å². The van der Waals surface area contributed by atoms with E-state index in [1.54, 1.807) is 0 Å². The van der Waals surface area contributed by atoms with Crippen LogP contribution in [0.3, 0.4) is 0 Å². The molecule has 3 rings (SSSR count). The molecule has 1 aliphatic heterocycles. The van der Waals surface area contributed by atoms with Crippen molar-refractivity contribution in [1.82, 2.24) is 5.32 Å². The first-order chi connectivity index (χ1) is 7.83. The van der Waals surface area contributed by atoms with Gasteiger partial charge in [0.15, 0.2) is 0 Å². The van der Waals surface area contributed by atoms with Crippen LogP contribution in [0.2, 0.25) is 0 Å². The standard InChI is InChI=1S/C13H17BrN2/c14-9-4-5-12-11(8-9)13(6-7-15-12)16-10-2-1-3-10/h4-5,8,10,13,15-16H,1-3,6-7H2. The van der Waals surface area contributed by atoms with Crippen LogP contribution in [-0.2, 0) is 0 Å². The van der Waals surface area contributed by atoms with Crippen LogP contribution in [0.1, 0.15) is 37.3 Å². The van der Waals surface area contributed by atoms with Gasteiger partial charge in [-0.25, -0.2) is 0 Å². The third kappa shape index (κ3) is 1.98. The van der Waals surface area contributed by atoms with Crippen molar-refractivity contribution in [2.75, 3.05) is 11.9 Å². The molecule has 0 radical (unpaired) electrons. The minimum Gasteiger partial charge on any atom is -0.385 e. The molecular formula is C13H17BrN2. The first-order valence-electron chi connectivity index (χ1n) is 6.12. The van der Waals surface area contributed by atoms with Crippen molar-refractivity contribution in [3.8, 4) is 0 Å². The molecule has 2 aliphatic rings. The Kier molecular flexibility index (Phi) is 2.90. The molecule has 0 bridgehead atoms. The van der Waals surface area contributed by atoms with E-state index < -0.39 is 0 Å². The first-order valence-corrected chi connectivity index (χ1v) is 6.91. The number of hydrogen-bond acceptors (Lipinski definition) is 2. The normalized spacial score (nSPS) is 24.4. The lowest BCUT2D eigenvalue weighted by Crippen LogP contribution is -2.40.